The molecule has 11 heteroatoms. The first-order valence-electron chi connectivity index (χ1n) is 10.7. The number of benzene rings is 1. The Bertz CT molecular complexity index is 1430. The highest BCUT2D eigenvalue weighted by molar-refractivity contribution is 5.62. The van der Waals surface area contributed by atoms with Crippen molar-refractivity contribution in [3.63, 3.8) is 0 Å². The van der Waals surface area contributed by atoms with E-state index in [0.29, 0.717) is 0 Å². The number of hydrogen-bond acceptors (Lipinski definition) is 7. The van der Waals surface area contributed by atoms with E-state index < -0.39 is 9.85 Å². The summed E-state index contributed by atoms with van der Waals surface area (Å²) in [6.07, 6.45) is 13.8. The Balaban J connectivity index is 0.000000246. The molecule has 0 spiro atoms. The van der Waals surface area contributed by atoms with Gasteiger partial charge >= 0.3 is 5.69 Å². The molecule has 0 aliphatic rings. The van der Waals surface area contributed by atoms with Crippen LogP contribution in [-0.2, 0) is 0 Å². The largest absolute Gasteiger partial charge is 1.00 e. The van der Waals surface area contributed by atoms with Crippen molar-refractivity contribution < 1.29 is 26.8 Å². The Morgan fingerprint density at radius 1 is 0.568 bits per heavy atom. The summed E-state index contributed by atoms with van der Waals surface area (Å²) in [4.78, 5) is 32.6. The van der Waals surface area contributed by atoms with Crippen LogP contribution in [0.3, 0.4) is 0 Å². The van der Waals surface area contributed by atoms with E-state index in [1.54, 1.807) is 66.3 Å². The maximum Gasteiger partial charge on any atom is 0.347 e. The molecule has 1 aromatic carbocycles. The van der Waals surface area contributed by atoms with Crippen LogP contribution in [0.4, 0.5) is 11.4 Å². The van der Waals surface area contributed by atoms with Crippen LogP contribution in [0.5, 0.6) is 0 Å². The van der Waals surface area contributed by atoms with Crippen LogP contribution < -0.4 is 17.0 Å². The van der Waals surface area contributed by atoms with Crippen LogP contribution in [-0.4, -0.2) is 24.8 Å². The van der Waals surface area contributed by atoms with Crippen LogP contribution in [0.2, 0.25) is 0 Å². The second-order valence-corrected chi connectivity index (χ2v) is 7.39. The average molecular weight is 515 g/mol. The first-order chi connectivity index (χ1) is 17.5. The number of nitro groups is 2. The van der Waals surface area contributed by atoms with E-state index in [4.69, 9.17) is 0 Å². The van der Waals surface area contributed by atoms with Gasteiger partial charge in [-0.05, 0) is 58.7 Å². The highest BCUT2D eigenvalue weighted by Gasteiger charge is 2.26. The van der Waals surface area contributed by atoms with E-state index in [2.05, 4.69) is 15.0 Å². The normalized spacial score (nSPS) is 9.84. The van der Waals surface area contributed by atoms with Crippen LogP contribution >= 0.6 is 0 Å². The van der Waals surface area contributed by atoms with Crippen molar-refractivity contribution in [3.8, 4) is 27.9 Å². The van der Waals surface area contributed by atoms with Gasteiger partial charge in [0.05, 0.1) is 9.85 Å². The van der Waals surface area contributed by atoms with Crippen molar-refractivity contribution in [2.45, 2.75) is 0 Å². The molecule has 0 N–H and O–H groups in total. The second kappa shape index (κ2) is 12.6. The molecule has 5 aromatic rings. The third kappa shape index (κ3) is 6.74. The van der Waals surface area contributed by atoms with Gasteiger partial charge in [-0.2, -0.15) is 4.57 Å². The van der Waals surface area contributed by atoms with Gasteiger partial charge in [-0.25, -0.2) is 0 Å². The lowest BCUT2D eigenvalue weighted by atomic mass is 10.1. The van der Waals surface area contributed by atoms with E-state index in [1.807, 2.05) is 36.4 Å². The molecular formula is C26H19ClN6O4. The van der Waals surface area contributed by atoms with Crippen LogP contribution in [0, 0.1) is 20.2 Å². The number of nitro benzene ring substituents is 2. The van der Waals surface area contributed by atoms with Crippen LogP contribution in [0.15, 0.2) is 116 Å². The summed E-state index contributed by atoms with van der Waals surface area (Å²) in [6, 6.07) is 18.8. The van der Waals surface area contributed by atoms with Crippen molar-refractivity contribution in [1.29, 1.82) is 0 Å². The molecule has 0 fully saturated rings. The fourth-order valence-electron chi connectivity index (χ4n) is 3.40. The Hall–Kier alpha value is -5.09. The van der Waals surface area contributed by atoms with Gasteiger partial charge in [-0.1, -0.05) is 0 Å². The van der Waals surface area contributed by atoms with Gasteiger partial charge in [0, 0.05) is 61.4 Å². The lowest BCUT2D eigenvalue weighted by Gasteiger charge is -2.01. The Morgan fingerprint density at radius 2 is 0.973 bits per heavy atom. The number of nitrogens with zero attached hydrogens (tertiary/aromatic N) is 6. The molecule has 0 saturated heterocycles. The summed E-state index contributed by atoms with van der Waals surface area (Å²) < 4.78 is 1.55. The maximum absolute atomic E-state index is 11.2. The van der Waals surface area contributed by atoms with E-state index in [0.717, 1.165) is 17.2 Å². The molecule has 184 valence electrons. The first kappa shape index (κ1) is 26.5. The van der Waals surface area contributed by atoms with E-state index in [9.17, 15) is 20.2 Å². The maximum atomic E-state index is 11.2. The third-order valence-electron chi connectivity index (χ3n) is 5.18. The van der Waals surface area contributed by atoms with Crippen molar-refractivity contribution in [2.24, 2.45) is 0 Å². The Kier molecular flexibility index (Phi) is 9.00. The zero-order chi connectivity index (χ0) is 25.3. The fraction of sp³-hybridized carbons (Fsp3) is 0. The van der Waals surface area contributed by atoms with E-state index >= 15 is 0 Å². The number of halogens is 1. The number of pyridine rings is 4. The SMILES string of the molecule is O=[N+]([O-])c1ccc(-[n+]2ccc(-c3ccncc3)cc2)c([N+](=O)[O-])c1.[Cl-].c1cc(-c2ccncc2)ccn1. The van der Waals surface area contributed by atoms with Gasteiger partial charge in [0.1, 0.15) is 6.07 Å². The second-order valence-electron chi connectivity index (χ2n) is 7.39. The first-order valence-corrected chi connectivity index (χ1v) is 10.7. The van der Waals surface area contributed by atoms with Gasteiger partial charge in [0.25, 0.3) is 11.4 Å². The van der Waals surface area contributed by atoms with Gasteiger partial charge in [-0.3, -0.25) is 35.2 Å². The molecule has 5 rings (SSSR count). The monoisotopic (exact) mass is 514 g/mol. The van der Waals surface area contributed by atoms with Gasteiger partial charge in [0.2, 0.25) is 0 Å². The summed E-state index contributed by atoms with van der Waals surface area (Å²) >= 11 is 0. The molecule has 0 saturated carbocycles. The highest BCUT2D eigenvalue weighted by Crippen LogP contribution is 2.25. The molecule has 4 heterocycles. The predicted molar refractivity (Wildman–Crippen MR) is 132 cm³/mol. The summed E-state index contributed by atoms with van der Waals surface area (Å²) in [7, 11) is 0. The lowest BCUT2D eigenvalue weighted by Crippen LogP contribution is -3.00. The van der Waals surface area contributed by atoms with E-state index in [-0.39, 0.29) is 29.5 Å². The number of hydrogen-bond donors (Lipinski definition) is 0. The summed E-state index contributed by atoms with van der Waals surface area (Å²) in [6.45, 7) is 0. The standard InChI is InChI=1S/C16H11N4O4.C10H8N2.ClH/c21-19(22)14-1-2-15(16(11-14)20(23)24)18-9-5-13(6-10-18)12-3-7-17-8-4-12;1-5-11-6-2-9(1)10-3-7-12-8-4-10;/h1-11H;1-8H;1H/q+1;;/p-1. The molecule has 37 heavy (non-hydrogen) atoms. The Morgan fingerprint density at radius 3 is 1.35 bits per heavy atom. The number of aromatic nitrogens is 4. The molecule has 0 atom stereocenters. The van der Waals surface area contributed by atoms with Gasteiger partial charge < -0.3 is 12.4 Å². The molecule has 10 nitrogen and oxygen atoms in total. The number of rotatable bonds is 5. The zero-order valence-corrected chi connectivity index (χ0v) is 19.9. The topological polar surface area (TPSA) is 129 Å². The summed E-state index contributed by atoms with van der Waals surface area (Å²) in [5.41, 5.74) is 3.85. The predicted octanol–water partition coefficient (Wildman–Crippen LogP) is 1.99. The molecule has 4 aromatic heterocycles. The van der Waals surface area contributed by atoms with Crippen LogP contribution in [0.1, 0.15) is 0 Å². The van der Waals surface area contributed by atoms with Crippen molar-refractivity contribution in [3.05, 3.63) is 137 Å². The lowest BCUT2D eigenvalue weighted by molar-refractivity contribution is -0.600. The van der Waals surface area contributed by atoms with Crippen LogP contribution in [0.25, 0.3) is 27.9 Å². The average Bonchev–Trinajstić information content (AvgIpc) is 2.94. The third-order valence-corrected chi connectivity index (χ3v) is 5.18. The molecule has 0 aliphatic heterocycles. The number of non-ortho nitro benzene ring substituents is 1. The minimum atomic E-state index is -0.659. The quantitative estimate of drug-likeness (QED) is 0.199. The van der Waals surface area contributed by atoms with Gasteiger partial charge in [-0.15, -0.1) is 0 Å². The molecule has 0 bridgehead atoms. The minimum absolute atomic E-state index is 0. The van der Waals surface area contributed by atoms with Crippen molar-refractivity contribution in [1.82, 2.24) is 15.0 Å². The summed E-state index contributed by atoms with van der Waals surface area (Å²) in [5, 5.41) is 22.0. The van der Waals surface area contributed by atoms with Crippen molar-refractivity contribution >= 4 is 11.4 Å². The molecule has 0 aliphatic carbocycles. The smallest absolute Gasteiger partial charge is 0.347 e. The van der Waals surface area contributed by atoms with Gasteiger partial charge in [0.15, 0.2) is 12.4 Å². The molecular weight excluding hydrogens is 496 g/mol. The Labute approximate surface area is 217 Å². The molecule has 0 unspecified atom stereocenters. The molecule has 0 amide bonds. The minimum Gasteiger partial charge on any atom is -1.00 e. The van der Waals surface area contributed by atoms with E-state index in [1.165, 1.54) is 23.3 Å². The van der Waals surface area contributed by atoms with Crippen molar-refractivity contribution in [2.75, 3.05) is 0 Å². The summed E-state index contributed by atoms with van der Waals surface area (Å²) in [5.74, 6) is 0. The molecule has 0 radical (unpaired) electrons. The zero-order valence-electron chi connectivity index (χ0n) is 19.2. The fourth-order valence-corrected chi connectivity index (χ4v) is 3.40. The highest BCUT2D eigenvalue weighted by atomic mass is 35.5.